The molecule has 1 aliphatic rings. The van der Waals surface area contributed by atoms with Gasteiger partial charge in [-0.2, -0.15) is 8.42 Å². The molecule has 11 heteroatoms. The van der Waals surface area contributed by atoms with Gasteiger partial charge in [0.15, 0.2) is 5.03 Å². The molecular formula is C27H34N6O4S. The zero-order chi connectivity index (χ0) is 27.7. The summed E-state index contributed by atoms with van der Waals surface area (Å²) in [6.45, 7) is 11.7. The molecular weight excluding hydrogens is 504 g/mol. The fraction of sp³-hybridized carbons (Fsp3) is 0.407. The summed E-state index contributed by atoms with van der Waals surface area (Å²) >= 11 is 0. The Kier molecular flexibility index (Phi) is 7.59. The predicted molar refractivity (Wildman–Crippen MR) is 146 cm³/mol. The number of aromatic nitrogens is 3. The number of pyridine rings is 3. The van der Waals surface area contributed by atoms with Crippen LogP contribution in [0.4, 0.5) is 11.6 Å². The molecule has 1 fully saturated rings. The number of nitrogen functional groups attached to an aromatic ring is 1. The Bertz CT molecular complexity index is 1420. The predicted octanol–water partition coefficient (Wildman–Crippen LogP) is 3.90. The van der Waals surface area contributed by atoms with Gasteiger partial charge in [0.25, 0.3) is 15.9 Å². The van der Waals surface area contributed by atoms with E-state index in [0.29, 0.717) is 42.4 Å². The van der Waals surface area contributed by atoms with E-state index in [0.717, 1.165) is 12.0 Å². The lowest BCUT2D eigenvalue weighted by Crippen LogP contribution is -2.43. The quantitative estimate of drug-likeness (QED) is 0.437. The van der Waals surface area contributed by atoms with Gasteiger partial charge in [-0.05, 0) is 62.4 Å². The summed E-state index contributed by atoms with van der Waals surface area (Å²) in [7, 11) is -4.25. The van der Waals surface area contributed by atoms with Gasteiger partial charge in [-0.1, -0.05) is 26.8 Å². The molecule has 0 radical (unpaired) electrons. The van der Waals surface area contributed by atoms with Crippen molar-refractivity contribution in [2.24, 2.45) is 11.8 Å². The van der Waals surface area contributed by atoms with Gasteiger partial charge in [-0.3, -0.25) is 4.79 Å². The molecule has 1 amide bonds. The van der Waals surface area contributed by atoms with Crippen LogP contribution < -0.4 is 20.1 Å². The highest BCUT2D eigenvalue weighted by Crippen LogP contribution is 2.39. The maximum atomic E-state index is 13.4. The molecule has 0 saturated carbocycles. The second-order valence-corrected chi connectivity index (χ2v) is 12.1. The zero-order valence-electron chi connectivity index (χ0n) is 22.3. The minimum Gasteiger partial charge on any atom is -0.477 e. The Morgan fingerprint density at radius 3 is 2.55 bits per heavy atom. The van der Waals surface area contributed by atoms with Gasteiger partial charge in [0.2, 0.25) is 5.88 Å². The standard InChI is InChI=1S/C27H34N6O4S/c1-17(2)16-37-23-12-9-19(15-29-23)21-11-10-20(25(30-21)33-14-13-18(3)27(33,4)5)26(34)32-38(35,36)24-8-6-7-22(28)31-24/h6-12,15,17-18H,13-14,16H2,1-5H3,(H2,28,31)(H,32,34). The van der Waals surface area contributed by atoms with Gasteiger partial charge >= 0.3 is 0 Å². The van der Waals surface area contributed by atoms with Gasteiger partial charge in [-0.15, -0.1) is 0 Å². The number of ether oxygens (including phenoxy) is 1. The number of hydrogen-bond donors (Lipinski definition) is 2. The number of nitrogens with zero attached hydrogens (tertiary/aromatic N) is 4. The van der Waals surface area contributed by atoms with Crippen molar-refractivity contribution in [1.29, 1.82) is 0 Å². The van der Waals surface area contributed by atoms with E-state index in [-0.39, 0.29) is 21.9 Å². The number of amides is 1. The third-order valence-electron chi connectivity index (χ3n) is 6.91. The van der Waals surface area contributed by atoms with E-state index in [1.807, 2.05) is 6.07 Å². The average molecular weight is 539 g/mol. The topological polar surface area (TPSA) is 140 Å². The second-order valence-electron chi connectivity index (χ2n) is 10.5. The number of sulfonamides is 1. The largest absolute Gasteiger partial charge is 0.477 e. The summed E-state index contributed by atoms with van der Waals surface area (Å²) in [4.78, 5) is 28.5. The van der Waals surface area contributed by atoms with Gasteiger partial charge in [-0.25, -0.2) is 19.7 Å². The number of hydrogen-bond acceptors (Lipinski definition) is 9. The lowest BCUT2D eigenvalue weighted by Gasteiger charge is -2.36. The number of nitrogens with two attached hydrogens (primary N) is 1. The van der Waals surface area contributed by atoms with Crippen LogP contribution in [-0.2, 0) is 10.0 Å². The molecule has 1 aliphatic heterocycles. The number of anilines is 2. The van der Waals surface area contributed by atoms with Gasteiger partial charge in [0.05, 0.1) is 17.9 Å². The summed E-state index contributed by atoms with van der Waals surface area (Å²) in [6.07, 6.45) is 2.59. The molecule has 3 aromatic heterocycles. The number of nitrogens with one attached hydrogen (secondary N) is 1. The highest BCUT2D eigenvalue weighted by Gasteiger charge is 2.41. The van der Waals surface area contributed by atoms with Gasteiger partial charge in [0, 0.05) is 29.9 Å². The Labute approximate surface area is 223 Å². The van der Waals surface area contributed by atoms with Crippen LogP contribution in [0.15, 0.2) is 53.7 Å². The maximum absolute atomic E-state index is 13.4. The van der Waals surface area contributed by atoms with Crippen LogP contribution in [0.5, 0.6) is 5.88 Å². The van der Waals surface area contributed by atoms with Crippen LogP contribution in [0.3, 0.4) is 0 Å². The first-order chi connectivity index (χ1) is 17.9. The first-order valence-electron chi connectivity index (χ1n) is 12.6. The molecule has 3 aromatic rings. The highest BCUT2D eigenvalue weighted by molar-refractivity contribution is 7.90. The van der Waals surface area contributed by atoms with Crippen LogP contribution in [-0.4, -0.2) is 48.0 Å². The monoisotopic (exact) mass is 538 g/mol. The van der Waals surface area contributed by atoms with E-state index in [2.05, 4.69) is 54.2 Å². The minimum absolute atomic E-state index is 0.0362. The van der Waals surface area contributed by atoms with E-state index >= 15 is 0 Å². The van der Waals surface area contributed by atoms with Crippen molar-refractivity contribution < 1.29 is 17.9 Å². The zero-order valence-corrected chi connectivity index (χ0v) is 23.1. The summed E-state index contributed by atoms with van der Waals surface area (Å²) < 4.78 is 33.6. The Morgan fingerprint density at radius 1 is 1.18 bits per heavy atom. The molecule has 1 saturated heterocycles. The molecule has 0 aromatic carbocycles. The van der Waals surface area contributed by atoms with E-state index in [4.69, 9.17) is 15.5 Å². The van der Waals surface area contributed by atoms with Crippen LogP contribution in [0.25, 0.3) is 11.3 Å². The van der Waals surface area contributed by atoms with E-state index in [1.54, 1.807) is 24.4 Å². The normalized spacial score (nSPS) is 17.0. The Morgan fingerprint density at radius 2 is 1.95 bits per heavy atom. The molecule has 4 rings (SSSR count). The van der Waals surface area contributed by atoms with Crippen molar-refractivity contribution in [1.82, 2.24) is 19.7 Å². The SMILES string of the molecule is CC(C)COc1ccc(-c2ccc(C(=O)NS(=O)(=O)c3cccc(N)n3)c(N3CCC(C)C3(C)C)n2)cn1. The first kappa shape index (κ1) is 27.3. The highest BCUT2D eigenvalue weighted by atomic mass is 32.2. The Hall–Kier alpha value is -3.73. The van der Waals surface area contributed by atoms with Crippen LogP contribution >= 0.6 is 0 Å². The minimum atomic E-state index is -4.25. The lowest BCUT2D eigenvalue weighted by atomic mass is 9.90. The van der Waals surface area contributed by atoms with E-state index in [9.17, 15) is 13.2 Å². The number of carbonyl (C=O) groups is 1. The average Bonchev–Trinajstić information content (AvgIpc) is 3.14. The molecule has 0 bridgehead atoms. The van der Waals surface area contributed by atoms with Crippen molar-refractivity contribution in [3.63, 3.8) is 0 Å². The summed E-state index contributed by atoms with van der Waals surface area (Å²) in [5.74, 6) is 0.884. The van der Waals surface area contributed by atoms with Crippen LogP contribution in [0, 0.1) is 11.8 Å². The smallest absolute Gasteiger partial charge is 0.281 e. The van der Waals surface area contributed by atoms with Crippen molar-refractivity contribution in [3.8, 4) is 17.1 Å². The fourth-order valence-electron chi connectivity index (χ4n) is 4.28. The lowest BCUT2D eigenvalue weighted by molar-refractivity contribution is 0.0981. The molecule has 4 heterocycles. The third-order valence-corrected chi connectivity index (χ3v) is 8.14. The van der Waals surface area contributed by atoms with E-state index < -0.39 is 15.9 Å². The summed E-state index contributed by atoms with van der Waals surface area (Å²) in [5, 5.41) is -0.335. The molecule has 10 nitrogen and oxygen atoms in total. The summed E-state index contributed by atoms with van der Waals surface area (Å²) in [6, 6.07) is 11.1. The van der Waals surface area contributed by atoms with Crippen molar-refractivity contribution in [3.05, 3.63) is 54.2 Å². The van der Waals surface area contributed by atoms with Gasteiger partial charge in [0.1, 0.15) is 11.6 Å². The molecule has 3 N–H and O–H groups in total. The third kappa shape index (κ3) is 5.72. The van der Waals surface area contributed by atoms with Crippen LogP contribution in [0.2, 0.25) is 0 Å². The van der Waals surface area contributed by atoms with Crippen molar-refractivity contribution in [2.45, 2.75) is 51.6 Å². The summed E-state index contributed by atoms with van der Waals surface area (Å²) in [5.41, 5.74) is 6.84. The van der Waals surface area contributed by atoms with Gasteiger partial charge < -0.3 is 15.4 Å². The fourth-order valence-corrected chi connectivity index (χ4v) is 5.22. The molecule has 38 heavy (non-hydrogen) atoms. The van der Waals surface area contributed by atoms with Crippen molar-refractivity contribution in [2.75, 3.05) is 23.8 Å². The molecule has 0 aliphatic carbocycles. The molecule has 1 unspecified atom stereocenters. The molecule has 0 spiro atoms. The maximum Gasteiger partial charge on any atom is 0.281 e. The number of rotatable bonds is 8. The number of carbonyl (C=O) groups excluding carboxylic acids is 1. The molecule has 202 valence electrons. The van der Waals surface area contributed by atoms with Crippen molar-refractivity contribution >= 4 is 27.6 Å². The second kappa shape index (κ2) is 10.6. The van der Waals surface area contributed by atoms with E-state index in [1.165, 1.54) is 18.2 Å². The van der Waals surface area contributed by atoms with Crippen LogP contribution in [0.1, 0.15) is 51.4 Å². The molecule has 1 atom stereocenters. The Balaban J connectivity index is 1.70. The first-order valence-corrected chi connectivity index (χ1v) is 14.0.